The van der Waals surface area contributed by atoms with Gasteiger partial charge in [-0.1, -0.05) is 25.5 Å². The van der Waals surface area contributed by atoms with E-state index in [-0.39, 0.29) is 5.54 Å². The standard InChI is InChI=1S/C16H27NO3/c1-11(2)12-5-8-16(4,17-10-18)14-6-7-15(3,20-19)9-13(12)14/h9-12,14,19H,5-8H2,1-4H3,(H,17,18). The summed E-state index contributed by atoms with van der Waals surface area (Å²) in [6.07, 6.45) is 6.72. The number of carbonyl (C=O) groups excluding carboxylic acids is 1. The van der Waals surface area contributed by atoms with Crippen LogP contribution in [0.15, 0.2) is 11.6 Å². The molecule has 0 radical (unpaired) electrons. The molecular weight excluding hydrogens is 254 g/mol. The molecular formula is C16H27NO3. The fraction of sp³-hybridized carbons (Fsp3) is 0.812. The Morgan fingerprint density at radius 1 is 1.40 bits per heavy atom. The van der Waals surface area contributed by atoms with Crippen LogP contribution in [0.4, 0.5) is 0 Å². The summed E-state index contributed by atoms with van der Waals surface area (Å²) in [5.74, 6) is 1.42. The minimum atomic E-state index is -0.585. The molecule has 2 N–H and O–H groups in total. The lowest BCUT2D eigenvalue weighted by Crippen LogP contribution is -2.55. The summed E-state index contributed by atoms with van der Waals surface area (Å²) in [7, 11) is 0. The number of fused-ring (bicyclic) bond motifs is 1. The van der Waals surface area contributed by atoms with Crippen LogP contribution in [-0.4, -0.2) is 22.8 Å². The zero-order valence-corrected chi connectivity index (χ0v) is 13.0. The molecule has 1 amide bonds. The third-order valence-corrected chi connectivity index (χ3v) is 5.38. The molecule has 1 saturated carbocycles. The molecule has 0 aromatic carbocycles. The Hall–Kier alpha value is -0.870. The van der Waals surface area contributed by atoms with Crippen molar-refractivity contribution in [3.8, 4) is 0 Å². The zero-order valence-electron chi connectivity index (χ0n) is 13.0. The van der Waals surface area contributed by atoms with E-state index >= 15 is 0 Å². The molecule has 0 spiro atoms. The number of hydrogen-bond donors (Lipinski definition) is 2. The van der Waals surface area contributed by atoms with Crippen LogP contribution in [-0.2, 0) is 9.68 Å². The van der Waals surface area contributed by atoms with Gasteiger partial charge in [0.05, 0.1) is 0 Å². The van der Waals surface area contributed by atoms with Gasteiger partial charge in [0.2, 0.25) is 6.41 Å². The molecule has 114 valence electrons. The van der Waals surface area contributed by atoms with E-state index in [1.807, 2.05) is 6.92 Å². The molecule has 20 heavy (non-hydrogen) atoms. The SMILES string of the molecule is CC(C)C1CCC(C)(NC=O)C2CCC(C)(OO)C=C12. The number of amides is 1. The van der Waals surface area contributed by atoms with Gasteiger partial charge in [0.1, 0.15) is 5.60 Å². The van der Waals surface area contributed by atoms with Gasteiger partial charge in [0.25, 0.3) is 0 Å². The Labute approximate surface area is 121 Å². The van der Waals surface area contributed by atoms with Crippen LogP contribution >= 0.6 is 0 Å². The molecule has 0 aromatic rings. The Bertz CT molecular complexity index is 407. The van der Waals surface area contributed by atoms with Crippen LogP contribution in [0.5, 0.6) is 0 Å². The van der Waals surface area contributed by atoms with Gasteiger partial charge >= 0.3 is 0 Å². The lowest BCUT2D eigenvalue weighted by molar-refractivity contribution is -0.306. The summed E-state index contributed by atoms with van der Waals surface area (Å²) in [6, 6.07) is 0. The molecule has 0 aromatic heterocycles. The summed E-state index contributed by atoms with van der Waals surface area (Å²) >= 11 is 0. The highest BCUT2D eigenvalue weighted by Crippen LogP contribution is 2.50. The maximum atomic E-state index is 11.0. The van der Waals surface area contributed by atoms with E-state index in [4.69, 9.17) is 4.89 Å². The summed E-state index contributed by atoms with van der Waals surface area (Å²) in [5, 5.41) is 12.2. The summed E-state index contributed by atoms with van der Waals surface area (Å²) in [5.41, 5.74) is 0.597. The molecule has 4 unspecified atom stereocenters. The Balaban J connectivity index is 2.39. The molecule has 0 aliphatic heterocycles. The van der Waals surface area contributed by atoms with Crippen molar-refractivity contribution in [3.05, 3.63) is 11.6 Å². The number of rotatable bonds is 4. The first-order valence-electron chi connectivity index (χ1n) is 7.62. The average Bonchev–Trinajstić information content (AvgIpc) is 2.38. The van der Waals surface area contributed by atoms with Gasteiger partial charge in [-0.15, -0.1) is 0 Å². The van der Waals surface area contributed by atoms with E-state index < -0.39 is 5.60 Å². The van der Waals surface area contributed by atoms with Gasteiger partial charge in [0, 0.05) is 11.5 Å². The maximum absolute atomic E-state index is 11.0. The number of nitrogens with one attached hydrogen (secondary N) is 1. The average molecular weight is 281 g/mol. The molecule has 0 bridgehead atoms. The Morgan fingerprint density at radius 3 is 2.65 bits per heavy atom. The molecule has 1 fully saturated rings. The summed E-state index contributed by atoms with van der Waals surface area (Å²) < 4.78 is 0. The van der Waals surface area contributed by atoms with Crippen molar-refractivity contribution >= 4 is 6.41 Å². The van der Waals surface area contributed by atoms with Crippen molar-refractivity contribution in [1.82, 2.24) is 5.32 Å². The topological polar surface area (TPSA) is 58.6 Å². The fourth-order valence-corrected chi connectivity index (χ4v) is 4.07. The monoisotopic (exact) mass is 281 g/mol. The Morgan fingerprint density at radius 2 is 2.10 bits per heavy atom. The molecule has 4 heteroatoms. The molecule has 2 rings (SSSR count). The second-order valence-corrected chi connectivity index (χ2v) is 7.21. The first kappa shape index (κ1) is 15.5. The highest BCUT2D eigenvalue weighted by atomic mass is 17.1. The molecule has 2 aliphatic carbocycles. The van der Waals surface area contributed by atoms with Crippen LogP contribution in [0.1, 0.15) is 53.4 Å². The summed E-state index contributed by atoms with van der Waals surface area (Å²) in [4.78, 5) is 15.7. The van der Waals surface area contributed by atoms with Crippen LogP contribution < -0.4 is 5.32 Å². The molecule has 4 nitrogen and oxygen atoms in total. The largest absolute Gasteiger partial charge is 0.353 e. The predicted molar refractivity (Wildman–Crippen MR) is 78.1 cm³/mol. The second kappa shape index (κ2) is 5.49. The smallest absolute Gasteiger partial charge is 0.207 e. The molecule has 0 heterocycles. The van der Waals surface area contributed by atoms with E-state index in [1.54, 1.807) is 0 Å². The lowest BCUT2D eigenvalue weighted by Gasteiger charge is -2.50. The van der Waals surface area contributed by atoms with Crippen LogP contribution in [0.3, 0.4) is 0 Å². The quantitative estimate of drug-likeness (QED) is 0.360. The van der Waals surface area contributed by atoms with Crippen molar-refractivity contribution in [1.29, 1.82) is 0 Å². The van der Waals surface area contributed by atoms with Crippen molar-refractivity contribution < 1.29 is 14.9 Å². The highest BCUT2D eigenvalue weighted by molar-refractivity contribution is 5.49. The van der Waals surface area contributed by atoms with Crippen molar-refractivity contribution in [2.75, 3.05) is 0 Å². The van der Waals surface area contributed by atoms with E-state index in [1.165, 1.54) is 5.57 Å². The molecule has 4 atom stereocenters. The minimum Gasteiger partial charge on any atom is -0.353 e. The van der Waals surface area contributed by atoms with Crippen molar-refractivity contribution in [2.24, 2.45) is 17.8 Å². The van der Waals surface area contributed by atoms with Crippen molar-refractivity contribution in [3.63, 3.8) is 0 Å². The Kier molecular flexibility index (Phi) is 4.26. The maximum Gasteiger partial charge on any atom is 0.207 e. The second-order valence-electron chi connectivity index (χ2n) is 7.21. The van der Waals surface area contributed by atoms with Gasteiger partial charge in [-0.3, -0.25) is 10.1 Å². The zero-order chi connectivity index (χ0) is 15.0. The molecule has 2 aliphatic rings. The van der Waals surface area contributed by atoms with Gasteiger partial charge in [-0.25, -0.2) is 4.89 Å². The fourth-order valence-electron chi connectivity index (χ4n) is 4.07. The highest BCUT2D eigenvalue weighted by Gasteiger charge is 2.47. The van der Waals surface area contributed by atoms with Crippen LogP contribution in [0, 0.1) is 17.8 Å². The first-order valence-corrected chi connectivity index (χ1v) is 7.62. The first-order chi connectivity index (χ1) is 9.35. The minimum absolute atomic E-state index is 0.171. The number of carbonyl (C=O) groups is 1. The van der Waals surface area contributed by atoms with Crippen molar-refractivity contribution in [2.45, 2.75) is 64.5 Å². The van der Waals surface area contributed by atoms with Gasteiger partial charge in [0.15, 0.2) is 0 Å². The lowest BCUT2D eigenvalue weighted by atomic mass is 9.59. The van der Waals surface area contributed by atoms with E-state index in [9.17, 15) is 10.1 Å². The number of hydrogen-bond acceptors (Lipinski definition) is 3. The summed E-state index contributed by atoms with van der Waals surface area (Å²) in [6.45, 7) is 8.54. The van der Waals surface area contributed by atoms with Gasteiger partial charge in [-0.05, 0) is 51.4 Å². The molecule has 0 saturated heterocycles. The van der Waals surface area contributed by atoms with E-state index in [0.29, 0.717) is 17.8 Å². The van der Waals surface area contributed by atoms with Crippen LogP contribution in [0.2, 0.25) is 0 Å². The third-order valence-electron chi connectivity index (χ3n) is 5.38. The van der Waals surface area contributed by atoms with Gasteiger partial charge < -0.3 is 5.32 Å². The normalized spacial score (nSPS) is 41.0. The predicted octanol–water partition coefficient (Wildman–Crippen LogP) is 3.14. The van der Waals surface area contributed by atoms with Crippen LogP contribution in [0.25, 0.3) is 0 Å². The van der Waals surface area contributed by atoms with E-state index in [0.717, 1.165) is 32.1 Å². The third kappa shape index (κ3) is 2.63. The van der Waals surface area contributed by atoms with Gasteiger partial charge in [-0.2, -0.15) is 0 Å². The van der Waals surface area contributed by atoms with E-state index in [2.05, 4.69) is 32.2 Å².